The van der Waals surface area contributed by atoms with Gasteiger partial charge in [-0.05, 0) is 17.7 Å². The van der Waals surface area contributed by atoms with Crippen molar-refractivity contribution in [2.24, 2.45) is 0 Å². The third-order valence-corrected chi connectivity index (χ3v) is 4.85. The van der Waals surface area contributed by atoms with Crippen LogP contribution in [0.4, 0.5) is 5.69 Å². The van der Waals surface area contributed by atoms with Gasteiger partial charge in [0, 0.05) is 26.2 Å². The van der Waals surface area contributed by atoms with Crippen molar-refractivity contribution in [2.75, 3.05) is 37.3 Å². The predicted octanol–water partition coefficient (Wildman–Crippen LogP) is 0.914. The predicted molar refractivity (Wildman–Crippen MR) is 76.0 cm³/mol. The summed E-state index contributed by atoms with van der Waals surface area (Å²) in [4.78, 5) is 2.06. The van der Waals surface area contributed by atoms with Gasteiger partial charge in [0.25, 0.3) is 0 Å². The van der Waals surface area contributed by atoms with Crippen molar-refractivity contribution in [3.63, 3.8) is 0 Å². The summed E-state index contributed by atoms with van der Waals surface area (Å²) in [6.07, 6.45) is 1.23. The number of benzene rings is 1. The van der Waals surface area contributed by atoms with Gasteiger partial charge in [-0.25, -0.2) is 8.42 Å². The molecule has 0 amide bonds. The van der Waals surface area contributed by atoms with E-state index >= 15 is 0 Å². The SMILES string of the molecule is CS(=O)(=O)N1CCN(c2ccc(CO)cc2Cl)CC1. The topological polar surface area (TPSA) is 60.9 Å². The quantitative estimate of drug-likeness (QED) is 0.902. The van der Waals surface area contributed by atoms with E-state index in [1.807, 2.05) is 12.1 Å². The molecule has 1 aliphatic rings. The second kappa shape index (κ2) is 5.66. The van der Waals surface area contributed by atoms with Crippen LogP contribution in [0.1, 0.15) is 5.56 Å². The van der Waals surface area contributed by atoms with Crippen molar-refractivity contribution >= 4 is 27.3 Å². The standard InChI is InChI=1S/C12H17ClN2O3S/c1-19(17,18)15-6-4-14(5-7-15)12-3-2-10(9-16)8-11(12)13/h2-3,8,16H,4-7,9H2,1H3. The smallest absolute Gasteiger partial charge is 0.211 e. The molecule has 1 fully saturated rings. The van der Waals surface area contributed by atoms with E-state index in [1.165, 1.54) is 10.6 Å². The first-order valence-electron chi connectivity index (χ1n) is 6.01. The average Bonchev–Trinajstić information content (AvgIpc) is 2.37. The molecule has 1 aromatic carbocycles. The Labute approximate surface area is 118 Å². The number of halogens is 1. The van der Waals surface area contributed by atoms with E-state index in [0.29, 0.717) is 31.2 Å². The Morgan fingerprint density at radius 2 is 1.89 bits per heavy atom. The van der Waals surface area contributed by atoms with Crippen LogP contribution in [0.15, 0.2) is 18.2 Å². The maximum atomic E-state index is 11.4. The molecule has 1 aliphatic heterocycles. The molecule has 1 saturated heterocycles. The lowest BCUT2D eigenvalue weighted by atomic mass is 10.2. The van der Waals surface area contributed by atoms with Gasteiger partial charge in [-0.3, -0.25) is 0 Å². The highest BCUT2D eigenvalue weighted by Gasteiger charge is 2.24. The first-order chi connectivity index (χ1) is 8.91. The molecule has 0 saturated carbocycles. The number of rotatable bonds is 3. The van der Waals surface area contributed by atoms with Gasteiger partial charge >= 0.3 is 0 Å². The van der Waals surface area contributed by atoms with Gasteiger partial charge in [-0.2, -0.15) is 4.31 Å². The van der Waals surface area contributed by atoms with E-state index < -0.39 is 10.0 Å². The molecule has 0 spiro atoms. The highest BCUT2D eigenvalue weighted by Crippen LogP contribution is 2.28. The van der Waals surface area contributed by atoms with E-state index in [1.54, 1.807) is 6.07 Å². The summed E-state index contributed by atoms with van der Waals surface area (Å²) in [5, 5.41) is 9.62. The largest absolute Gasteiger partial charge is 0.392 e. The Morgan fingerprint density at radius 1 is 1.26 bits per heavy atom. The molecule has 1 heterocycles. The summed E-state index contributed by atoms with van der Waals surface area (Å²) < 4.78 is 24.3. The molecule has 106 valence electrons. The summed E-state index contributed by atoms with van der Waals surface area (Å²) in [6.45, 7) is 2.13. The summed E-state index contributed by atoms with van der Waals surface area (Å²) >= 11 is 6.18. The first-order valence-corrected chi connectivity index (χ1v) is 8.24. The molecule has 1 N–H and O–H groups in total. The average molecular weight is 305 g/mol. The van der Waals surface area contributed by atoms with Crippen molar-refractivity contribution in [2.45, 2.75) is 6.61 Å². The van der Waals surface area contributed by atoms with E-state index in [-0.39, 0.29) is 6.61 Å². The van der Waals surface area contributed by atoms with Gasteiger partial charge in [0.1, 0.15) is 0 Å². The first kappa shape index (κ1) is 14.6. The number of hydrogen-bond donors (Lipinski definition) is 1. The zero-order valence-electron chi connectivity index (χ0n) is 10.7. The maximum absolute atomic E-state index is 11.4. The van der Waals surface area contributed by atoms with Crippen molar-refractivity contribution in [3.8, 4) is 0 Å². The molecule has 0 aromatic heterocycles. The number of nitrogens with zero attached hydrogens (tertiary/aromatic N) is 2. The second-order valence-corrected chi connectivity index (χ2v) is 6.98. The molecule has 0 unspecified atom stereocenters. The summed E-state index contributed by atoms with van der Waals surface area (Å²) in [5.41, 5.74) is 1.65. The van der Waals surface area contributed by atoms with Crippen LogP contribution in [0.2, 0.25) is 5.02 Å². The van der Waals surface area contributed by atoms with Crippen LogP contribution in [-0.4, -0.2) is 50.3 Å². The van der Waals surface area contributed by atoms with E-state index in [4.69, 9.17) is 16.7 Å². The van der Waals surface area contributed by atoms with Crippen LogP contribution < -0.4 is 4.90 Å². The number of hydrogen-bond acceptors (Lipinski definition) is 4. The normalized spacial score (nSPS) is 17.7. The third kappa shape index (κ3) is 3.39. The highest BCUT2D eigenvalue weighted by atomic mass is 35.5. The fourth-order valence-corrected chi connectivity index (χ4v) is 3.32. The Balaban J connectivity index is 2.10. The molecule has 0 atom stereocenters. The molecule has 0 aliphatic carbocycles. The van der Waals surface area contributed by atoms with Gasteiger partial charge in [0.15, 0.2) is 0 Å². The third-order valence-electron chi connectivity index (χ3n) is 3.24. The monoisotopic (exact) mass is 304 g/mol. The molecule has 1 aromatic rings. The van der Waals surface area contributed by atoms with Gasteiger partial charge < -0.3 is 10.0 Å². The summed E-state index contributed by atoms with van der Waals surface area (Å²) in [6, 6.07) is 5.42. The molecule has 7 heteroatoms. The molecule has 0 radical (unpaired) electrons. The number of aliphatic hydroxyl groups is 1. The summed E-state index contributed by atoms with van der Waals surface area (Å²) in [5.74, 6) is 0. The number of sulfonamides is 1. The lowest BCUT2D eigenvalue weighted by Crippen LogP contribution is -2.48. The van der Waals surface area contributed by atoms with Gasteiger partial charge in [-0.15, -0.1) is 0 Å². The number of anilines is 1. The van der Waals surface area contributed by atoms with Crippen LogP contribution in [0.3, 0.4) is 0 Å². The van der Waals surface area contributed by atoms with Crippen LogP contribution in [0, 0.1) is 0 Å². The summed E-state index contributed by atoms with van der Waals surface area (Å²) in [7, 11) is -3.11. The molecular weight excluding hydrogens is 288 g/mol. The van der Waals surface area contributed by atoms with Gasteiger partial charge in [0.05, 0.1) is 23.6 Å². The fraction of sp³-hybridized carbons (Fsp3) is 0.500. The minimum Gasteiger partial charge on any atom is -0.392 e. The van der Waals surface area contributed by atoms with Crippen molar-refractivity contribution in [1.29, 1.82) is 0 Å². The Bertz CT molecular complexity index is 554. The lowest BCUT2D eigenvalue weighted by Gasteiger charge is -2.35. The fourth-order valence-electron chi connectivity index (χ4n) is 2.17. The van der Waals surface area contributed by atoms with Crippen molar-refractivity contribution in [1.82, 2.24) is 4.31 Å². The lowest BCUT2D eigenvalue weighted by molar-refractivity contribution is 0.282. The van der Waals surface area contributed by atoms with E-state index in [0.717, 1.165) is 11.3 Å². The zero-order valence-corrected chi connectivity index (χ0v) is 12.3. The number of aliphatic hydroxyl groups excluding tert-OH is 1. The minimum absolute atomic E-state index is 0.0398. The second-order valence-electron chi connectivity index (χ2n) is 4.59. The van der Waals surface area contributed by atoms with Crippen LogP contribution in [0.5, 0.6) is 0 Å². The van der Waals surface area contributed by atoms with Crippen LogP contribution >= 0.6 is 11.6 Å². The van der Waals surface area contributed by atoms with Crippen molar-refractivity contribution < 1.29 is 13.5 Å². The highest BCUT2D eigenvalue weighted by molar-refractivity contribution is 7.88. The minimum atomic E-state index is -3.11. The van der Waals surface area contributed by atoms with E-state index in [9.17, 15) is 8.42 Å². The molecule has 19 heavy (non-hydrogen) atoms. The van der Waals surface area contributed by atoms with Crippen LogP contribution in [0.25, 0.3) is 0 Å². The molecule has 2 rings (SSSR count). The van der Waals surface area contributed by atoms with E-state index in [2.05, 4.69) is 4.90 Å². The maximum Gasteiger partial charge on any atom is 0.211 e. The molecular formula is C12H17ClN2O3S. The van der Waals surface area contributed by atoms with Gasteiger partial charge in [0.2, 0.25) is 10.0 Å². The zero-order chi connectivity index (χ0) is 14.0. The van der Waals surface area contributed by atoms with Crippen molar-refractivity contribution in [3.05, 3.63) is 28.8 Å². The Morgan fingerprint density at radius 3 is 2.37 bits per heavy atom. The molecule has 0 bridgehead atoms. The number of piperazine rings is 1. The Hall–Kier alpha value is -0.820. The Kier molecular flexibility index (Phi) is 4.35. The van der Waals surface area contributed by atoms with Crippen LogP contribution in [-0.2, 0) is 16.6 Å². The van der Waals surface area contributed by atoms with Gasteiger partial charge in [-0.1, -0.05) is 17.7 Å². The molecule has 5 nitrogen and oxygen atoms in total.